The van der Waals surface area contributed by atoms with E-state index in [0.717, 1.165) is 58.2 Å². The predicted octanol–water partition coefficient (Wildman–Crippen LogP) is 6.19. The van der Waals surface area contributed by atoms with Crippen LogP contribution in [0, 0.1) is 28.5 Å². The van der Waals surface area contributed by atoms with Crippen molar-refractivity contribution in [2.75, 3.05) is 5.32 Å². The Morgan fingerprint density at radius 3 is 2.66 bits per heavy atom. The van der Waals surface area contributed by atoms with Crippen LogP contribution < -0.4 is 5.32 Å². The van der Waals surface area contributed by atoms with Crippen molar-refractivity contribution in [2.24, 2.45) is 0 Å². The summed E-state index contributed by atoms with van der Waals surface area (Å²) in [6, 6.07) is 18.3. The number of anilines is 1. The SMILES string of the molecule is N#C/C(=C\c1cn(Cc2ccc(F)cc2)c2ccccc12)C(=O)Nc1sc2c(c1C#N)CCCC2. The summed E-state index contributed by atoms with van der Waals surface area (Å²) in [5, 5.41) is 23.7. The number of fused-ring (bicyclic) bond motifs is 2. The number of nitrogens with zero attached hydrogens (tertiary/aromatic N) is 3. The number of aromatic nitrogens is 1. The van der Waals surface area contributed by atoms with Crippen molar-refractivity contribution in [1.29, 1.82) is 10.5 Å². The van der Waals surface area contributed by atoms with Crippen LogP contribution in [0.5, 0.6) is 0 Å². The highest BCUT2D eigenvalue weighted by atomic mass is 32.1. The second-order valence-corrected chi connectivity index (χ2v) is 9.61. The van der Waals surface area contributed by atoms with Crippen molar-refractivity contribution in [1.82, 2.24) is 4.57 Å². The molecule has 1 aliphatic carbocycles. The van der Waals surface area contributed by atoms with E-state index in [1.807, 2.05) is 41.1 Å². The average molecular weight is 481 g/mol. The van der Waals surface area contributed by atoms with Crippen LogP contribution in [0.3, 0.4) is 0 Å². The smallest absolute Gasteiger partial charge is 0.266 e. The molecule has 5 nitrogen and oxygen atoms in total. The topological polar surface area (TPSA) is 81.6 Å². The number of nitrogens with one attached hydrogen (secondary N) is 1. The van der Waals surface area contributed by atoms with E-state index in [1.165, 1.54) is 23.5 Å². The van der Waals surface area contributed by atoms with Crippen LogP contribution >= 0.6 is 11.3 Å². The minimum Gasteiger partial charge on any atom is -0.342 e. The highest BCUT2D eigenvalue weighted by Gasteiger charge is 2.23. The molecule has 1 aliphatic rings. The van der Waals surface area contributed by atoms with Crippen molar-refractivity contribution < 1.29 is 9.18 Å². The number of rotatable bonds is 5. The molecule has 2 heterocycles. The molecule has 1 N–H and O–H groups in total. The van der Waals surface area contributed by atoms with Gasteiger partial charge in [-0.3, -0.25) is 4.79 Å². The van der Waals surface area contributed by atoms with Crippen LogP contribution in [0.1, 0.15) is 40.0 Å². The number of para-hydroxylation sites is 1. The molecule has 2 aromatic heterocycles. The van der Waals surface area contributed by atoms with Gasteiger partial charge in [-0.05, 0) is 61.1 Å². The largest absolute Gasteiger partial charge is 0.342 e. The lowest BCUT2D eigenvalue weighted by atomic mass is 9.96. The summed E-state index contributed by atoms with van der Waals surface area (Å²) in [5.41, 5.74) is 4.13. The van der Waals surface area contributed by atoms with Crippen molar-refractivity contribution in [3.8, 4) is 12.1 Å². The third-order valence-electron chi connectivity index (χ3n) is 6.26. The minimum absolute atomic E-state index is 0.0371. The molecule has 1 amide bonds. The van der Waals surface area contributed by atoms with Gasteiger partial charge >= 0.3 is 0 Å². The fourth-order valence-electron chi connectivity index (χ4n) is 4.55. The number of thiophene rings is 1. The van der Waals surface area contributed by atoms with E-state index in [4.69, 9.17) is 0 Å². The zero-order chi connectivity index (χ0) is 24.4. The van der Waals surface area contributed by atoms with Gasteiger partial charge in [0.2, 0.25) is 0 Å². The number of benzene rings is 2. The Kier molecular flexibility index (Phi) is 6.18. The molecule has 35 heavy (non-hydrogen) atoms. The number of aryl methyl sites for hydroxylation is 1. The molecule has 0 radical (unpaired) electrons. The van der Waals surface area contributed by atoms with Gasteiger partial charge < -0.3 is 9.88 Å². The number of carbonyl (C=O) groups is 1. The molecule has 4 aromatic rings. The highest BCUT2D eigenvalue weighted by Crippen LogP contribution is 2.38. The van der Waals surface area contributed by atoms with Gasteiger partial charge in [0.1, 0.15) is 28.5 Å². The first-order valence-corrected chi connectivity index (χ1v) is 12.2. The summed E-state index contributed by atoms with van der Waals surface area (Å²) < 4.78 is 15.3. The second-order valence-electron chi connectivity index (χ2n) is 8.51. The third kappa shape index (κ3) is 4.47. The summed E-state index contributed by atoms with van der Waals surface area (Å²) in [5.74, 6) is -0.816. The quantitative estimate of drug-likeness (QED) is 0.273. The third-order valence-corrected chi connectivity index (χ3v) is 7.47. The van der Waals surface area contributed by atoms with E-state index in [1.54, 1.807) is 18.2 Å². The van der Waals surface area contributed by atoms with Crippen molar-refractivity contribution >= 4 is 39.2 Å². The maximum atomic E-state index is 13.3. The predicted molar refractivity (Wildman–Crippen MR) is 135 cm³/mol. The highest BCUT2D eigenvalue weighted by molar-refractivity contribution is 7.16. The molecular formula is C28H21FN4OS. The normalized spacial score (nSPS) is 13.2. The maximum absolute atomic E-state index is 13.3. The van der Waals surface area contributed by atoms with Gasteiger partial charge in [-0.15, -0.1) is 11.3 Å². The number of hydrogen-bond donors (Lipinski definition) is 1. The van der Waals surface area contributed by atoms with E-state index < -0.39 is 5.91 Å². The Morgan fingerprint density at radius 1 is 1.11 bits per heavy atom. The molecule has 0 saturated carbocycles. The Hall–Kier alpha value is -4.20. The molecular weight excluding hydrogens is 459 g/mol. The first-order valence-electron chi connectivity index (χ1n) is 11.4. The lowest BCUT2D eigenvalue weighted by molar-refractivity contribution is -0.112. The van der Waals surface area contributed by atoms with Crippen LogP contribution in [0.4, 0.5) is 9.39 Å². The number of carbonyl (C=O) groups excluding carboxylic acids is 1. The Morgan fingerprint density at radius 2 is 1.89 bits per heavy atom. The van der Waals surface area contributed by atoms with Crippen molar-refractivity contribution in [3.05, 3.63) is 93.2 Å². The molecule has 0 unspecified atom stereocenters. The molecule has 7 heteroatoms. The Labute approximate surface area is 206 Å². The minimum atomic E-state index is -0.530. The van der Waals surface area contributed by atoms with Gasteiger partial charge in [0, 0.05) is 34.1 Å². The first-order chi connectivity index (χ1) is 17.1. The van der Waals surface area contributed by atoms with Crippen LogP contribution in [-0.4, -0.2) is 10.5 Å². The van der Waals surface area contributed by atoms with Crippen LogP contribution in [0.25, 0.3) is 17.0 Å². The average Bonchev–Trinajstić information content (AvgIpc) is 3.41. The van der Waals surface area contributed by atoms with E-state index in [9.17, 15) is 19.7 Å². The lowest BCUT2D eigenvalue weighted by Crippen LogP contribution is -2.13. The van der Waals surface area contributed by atoms with Gasteiger partial charge in [-0.25, -0.2) is 4.39 Å². The summed E-state index contributed by atoms with van der Waals surface area (Å²) in [7, 11) is 0. The number of halogens is 1. The lowest BCUT2D eigenvalue weighted by Gasteiger charge is -2.09. The summed E-state index contributed by atoms with van der Waals surface area (Å²) in [4.78, 5) is 14.2. The zero-order valence-corrected chi connectivity index (χ0v) is 19.7. The van der Waals surface area contributed by atoms with Gasteiger partial charge in [-0.2, -0.15) is 10.5 Å². The van der Waals surface area contributed by atoms with Crippen LogP contribution in [0.2, 0.25) is 0 Å². The summed E-state index contributed by atoms with van der Waals surface area (Å²) in [6.07, 6.45) is 7.36. The molecule has 0 aliphatic heterocycles. The number of hydrogen-bond acceptors (Lipinski definition) is 4. The van der Waals surface area contributed by atoms with Gasteiger partial charge in [0.05, 0.1) is 5.56 Å². The molecule has 5 rings (SSSR count). The van der Waals surface area contributed by atoms with Crippen molar-refractivity contribution in [3.63, 3.8) is 0 Å². The maximum Gasteiger partial charge on any atom is 0.266 e. The van der Waals surface area contributed by atoms with Gasteiger partial charge in [-0.1, -0.05) is 30.3 Å². The van der Waals surface area contributed by atoms with Crippen molar-refractivity contribution in [2.45, 2.75) is 32.2 Å². The molecule has 0 bridgehead atoms. The molecule has 2 aromatic carbocycles. The Bertz CT molecular complexity index is 1550. The Balaban J connectivity index is 1.47. The summed E-state index contributed by atoms with van der Waals surface area (Å²) >= 11 is 1.44. The van der Waals surface area contributed by atoms with E-state index in [0.29, 0.717) is 17.1 Å². The van der Waals surface area contributed by atoms with Crippen LogP contribution in [0.15, 0.2) is 60.3 Å². The van der Waals surface area contributed by atoms with Gasteiger partial charge in [0.15, 0.2) is 0 Å². The fourth-order valence-corrected chi connectivity index (χ4v) is 5.79. The second kappa shape index (κ2) is 9.58. The van der Waals surface area contributed by atoms with E-state index in [2.05, 4.69) is 11.4 Å². The van der Waals surface area contributed by atoms with E-state index in [-0.39, 0.29) is 11.4 Å². The molecule has 172 valence electrons. The summed E-state index contributed by atoms with van der Waals surface area (Å²) in [6.45, 7) is 0.523. The van der Waals surface area contributed by atoms with Gasteiger partial charge in [0.25, 0.3) is 5.91 Å². The first kappa shape index (κ1) is 22.6. The zero-order valence-electron chi connectivity index (χ0n) is 18.8. The molecule has 0 saturated heterocycles. The molecule has 0 spiro atoms. The number of nitriles is 2. The molecule has 0 atom stereocenters. The standard InChI is InChI=1S/C28H21FN4OS/c29-21-11-9-18(10-12-21)16-33-17-20(22-5-1-3-7-25(22)33)13-19(14-30)27(34)32-28-24(15-31)23-6-2-4-8-26(23)35-28/h1,3,5,7,9-13,17H,2,4,6,8,16H2,(H,32,34)/b19-13+. The molecule has 0 fully saturated rings. The van der Waals surface area contributed by atoms with E-state index >= 15 is 0 Å². The monoisotopic (exact) mass is 480 g/mol. The number of amides is 1. The van der Waals surface area contributed by atoms with Crippen LogP contribution in [-0.2, 0) is 24.2 Å². The fraction of sp³-hybridized carbons (Fsp3) is 0.179.